The number of amides is 1. The Kier molecular flexibility index (Phi) is 7.92. The Hall–Kier alpha value is -1.04. The molecule has 2 aliphatic rings. The number of amidine groups is 1. The number of pyridine rings is 1. The zero-order valence-electron chi connectivity index (χ0n) is 20.9. The third-order valence-corrected chi connectivity index (χ3v) is 9.43. The fourth-order valence-corrected chi connectivity index (χ4v) is 6.54. The highest BCUT2D eigenvalue weighted by Crippen LogP contribution is 2.62. The van der Waals surface area contributed by atoms with Gasteiger partial charge in [0, 0.05) is 36.8 Å². The second-order valence-corrected chi connectivity index (χ2v) is 19.1. The van der Waals surface area contributed by atoms with Crippen LogP contribution in [0.4, 0.5) is 13.6 Å². The smallest absolute Gasteiger partial charge is 0.418 e. The van der Waals surface area contributed by atoms with Crippen molar-refractivity contribution < 1.29 is 23.0 Å². The van der Waals surface area contributed by atoms with Crippen LogP contribution in [0.25, 0.3) is 0 Å². The minimum absolute atomic E-state index is 0.124. The van der Waals surface area contributed by atoms with Crippen LogP contribution in [-0.2, 0) is 15.0 Å². The van der Waals surface area contributed by atoms with Crippen molar-refractivity contribution in [1.29, 1.82) is 0 Å². The number of aliphatic imine (C=N–C) groups is 1. The van der Waals surface area contributed by atoms with Gasteiger partial charge in [-0.05, 0) is 80.3 Å². The second-order valence-electron chi connectivity index (χ2n) is 11.3. The molecule has 11 heteroatoms. The van der Waals surface area contributed by atoms with E-state index in [1.165, 1.54) is 11.1 Å². The number of rotatable bonds is 6. The summed E-state index contributed by atoms with van der Waals surface area (Å²) in [6.07, 6.45) is 1.52. The summed E-state index contributed by atoms with van der Waals surface area (Å²) in [5.74, 6) is -1.25. The largest absolute Gasteiger partial charge is 0.443 e. The van der Waals surface area contributed by atoms with E-state index in [1.807, 2.05) is 0 Å². The number of aromatic nitrogens is 1. The number of carbonyl (C=O) groups is 1. The first-order valence-electron chi connectivity index (χ1n) is 11.4. The molecule has 1 aliphatic heterocycles. The fourth-order valence-electron chi connectivity index (χ4n) is 3.97. The predicted molar refractivity (Wildman–Crippen MR) is 138 cm³/mol. The third-order valence-electron chi connectivity index (χ3n) is 5.97. The summed E-state index contributed by atoms with van der Waals surface area (Å²) < 4.78 is 42.9. The topological polar surface area (TPSA) is 64.0 Å². The van der Waals surface area contributed by atoms with Gasteiger partial charge >= 0.3 is 6.09 Å². The van der Waals surface area contributed by atoms with Crippen LogP contribution in [0.5, 0.6) is 0 Å². The zero-order valence-corrected chi connectivity index (χ0v) is 24.3. The van der Waals surface area contributed by atoms with Crippen molar-refractivity contribution in [1.82, 2.24) is 9.88 Å². The van der Waals surface area contributed by atoms with Crippen LogP contribution in [0.15, 0.2) is 21.7 Å². The zero-order chi connectivity index (χ0) is 25.5. The van der Waals surface area contributed by atoms with E-state index >= 15 is 4.39 Å². The fraction of sp³-hybridized carbons (Fsp3) is 0.696. The highest BCUT2D eigenvalue weighted by Gasteiger charge is 2.62. The first kappa shape index (κ1) is 27.5. The molecule has 3 atom stereocenters. The number of alkyl halides is 1. The summed E-state index contributed by atoms with van der Waals surface area (Å²) in [4.78, 5) is 23.0. The van der Waals surface area contributed by atoms with Gasteiger partial charge in [0.15, 0.2) is 10.2 Å². The lowest BCUT2D eigenvalue weighted by molar-refractivity contribution is 0.00434. The van der Waals surface area contributed by atoms with Crippen molar-refractivity contribution in [3.05, 3.63) is 28.2 Å². The molecular weight excluding hydrogens is 544 g/mol. The molecular formula is C23H34BrF2N3O3SSi. The lowest BCUT2D eigenvalue weighted by Crippen LogP contribution is -2.57. The number of ether oxygens (including phenoxy) is 2. The van der Waals surface area contributed by atoms with E-state index in [-0.39, 0.29) is 17.5 Å². The minimum Gasteiger partial charge on any atom is -0.443 e. The number of hydrogen-bond acceptors (Lipinski definition) is 6. The number of thioether (sulfide) groups is 1. The number of nitrogens with zero attached hydrogens (tertiary/aromatic N) is 3. The Balaban J connectivity index is 1.99. The lowest BCUT2D eigenvalue weighted by atomic mass is 9.67. The molecule has 1 aliphatic carbocycles. The molecule has 1 aromatic heterocycles. The highest BCUT2D eigenvalue weighted by atomic mass is 79.9. The van der Waals surface area contributed by atoms with E-state index in [0.29, 0.717) is 23.9 Å². The lowest BCUT2D eigenvalue weighted by Gasteiger charge is -2.53. The summed E-state index contributed by atoms with van der Waals surface area (Å²) in [5, 5.41) is -1.55. The van der Waals surface area contributed by atoms with E-state index in [9.17, 15) is 9.18 Å². The van der Waals surface area contributed by atoms with Crippen LogP contribution in [0.3, 0.4) is 0 Å². The van der Waals surface area contributed by atoms with Crippen molar-refractivity contribution in [2.75, 3.05) is 13.3 Å². The van der Waals surface area contributed by atoms with Gasteiger partial charge in [-0.2, -0.15) is 4.39 Å². The molecule has 190 valence electrons. The molecule has 0 saturated heterocycles. The molecule has 1 amide bonds. The summed E-state index contributed by atoms with van der Waals surface area (Å²) in [7, 11) is -1.34. The number of halogens is 3. The van der Waals surface area contributed by atoms with Crippen LogP contribution in [0.1, 0.15) is 46.1 Å². The maximum atomic E-state index is 16.0. The molecule has 2 unspecified atom stereocenters. The van der Waals surface area contributed by atoms with Gasteiger partial charge in [-0.15, -0.1) is 0 Å². The Morgan fingerprint density at radius 1 is 1.38 bits per heavy atom. The van der Waals surface area contributed by atoms with Crippen LogP contribution in [0, 0.1) is 11.9 Å². The molecule has 6 nitrogen and oxygen atoms in total. The van der Waals surface area contributed by atoms with Crippen LogP contribution < -0.4 is 0 Å². The minimum atomic E-state index is -1.68. The van der Waals surface area contributed by atoms with Gasteiger partial charge in [0.2, 0.25) is 5.95 Å². The molecule has 0 bridgehead atoms. The van der Waals surface area contributed by atoms with Gasteiger partial charge in [0.05, 0.1) is 5.54 Å². The molecule has 0 spiro atoms. The SMILES string of the molecule is CC(C)(C)OC(=O)N(COCC[Si](C)(C)C)C1=N[C@](C)(c2cc(Br)cnc2F)C2CCC2(F)S1. The number of fused-ring (bicyclic) bond motifs is 1. The molecule has 1 aromatic rings. The second kappa shape index (κ2) is 9.78. The molecule has 1 fully saturated rings. The van der Waals surface area contributed by atoms with Gasteiger partial charge in [0.25, 0.3) is 0 Å². The first-order valence-corrected chi connectivity index (χ1v) is 16.7. The van der Waals surface area contributed by atoms with Gasteiger partial charge in [-0.25, -0.2) is 19.1 Å². The summed E-state index contributed by atoms with van der Waals surface area (Å²) in [6.45, 7) is 14.0. The third kappa shape index (κ3) is 6.20. The van der Waals surface area contributed by atoms with E-state index in [4.69, 9.17) is 14.5 Å². The Bertz CT molecular complexity index is 972. The average Bonchev–Trinajstić information content (AvgIpc) is 2.65. The quantitative estimate of drug-likeness (QED) is 0.159. The Morgan fingerprint density at radius 2 is 2.06 bits per heavy atom. The van der Waals surface area contributed by atoms with Crippen molar-refractivity contribution in [3.63, 3.8) is 0 Å². The van der Waals surface area contributed by atoms with Crippen molar-refractivity contribution in [2.45, 2.75) is 82.4 Å². The molecule has 3 rings (SSSR count). The number of hydrogen-bond donors (Lipinski definition) is 0. The molecule has 34 heavy (non-hydrogen) atoms. The summed E-state index contributed by atoms with van der Waals surface area (Å²) in [6, 6.07) is 2.50. The number of carbonyl (C=O) groups excluding carboxylic acids is 1. The first-order chi connectivity index (χ1) is 15.5. The van der Waals surface area contributed by atoms with Crippen molar-refractivity contribution >= 4 is 47.0 Å². The Morgan fingerprint density at radius 3 is 2.62 bits per heavy atom. The van der Waals surface area contributed by atoms with Crippen molar-refractivity contribution in [2.24, 2.45) is 10.9 Å². The molecule has 0 aromatic carbocycles. The van der Waals surface area contributed by atoms with Crippen molar-refractivity contribution in [3.8, 4) is 0 Å². The maximum Gasteiger partial charge on any atom is 0.418 e. The molecule has 2 heterocycles. The standard InChI is InChI=1S/C23H34BrF2N3O3SSi/c1-21(2,3)32-20(30)29(14-31-10-11-34(5,6)7)19-28-22(4,17-8-9-23(17,26)33-19)16-12-15(24)13-27-18(16)25/h12-13,17H,8-11,14H2,1-7H3/t17?,22-,23?/m1/s1. The van der Waals surface area contributed by atoms with E-state index < -0.39 is 42.2 Å². The van der Waals surface area contributed by atoms with E-state index in [2.05, 4.69) is 40.6 Å². The predicted octanol–water partition coefficient (Wildman–Crippen LogP) is 6.93. The maximum absolute atomic E-state index is 16.0. The Labute approximate surface area is 214 Å². The molecule has 1 saturated carbocycles. The molecule has 0 N–H and O–H groups in total. The van der Waals surface area contributed by atoms with E-state index in [0.717, 1.165) is 17.8 Å². The molecule has 0 radical (unpaired) electrons. The normalized spacial score (nSPS) is 26.9. The summed E-state index contributed by atoms with van der Waals surface area (Å²) >= 11 is 4.23. The average molecular weight is 579 g/mol. The summed E-state index contributed by atoms with van der Waals surface area (Å²) in [5.41, 5.74) is -1.81. The van der Waals surface area contributed by atoms with Crippen LogP contribution in [-0.4, -0.2) is 53.2 Å². The van der Waals surface area contributed by atoms with Crippen LogP contribution in [0.2, 0.25) is 25.7 Å². The highest BCUT2D eigenvalue weighted by molar-refractivity contribution is 9.10. The van der Waals surface area contributed by atoms with Gasteiger partial charge in [-0.1, -0.05) is 19.6 Å². The van der Waals surface area contributed by atoms with E-state index in [1.54, 1.807) is 33.8 Å². The van der Waals surface area contributed by atoms with Crippen LogP contribution >= 0.6 is 27.7 Å². The monoisotopic (exact) mass is 577 g/mol. The van der Waals surface area contributed by atoms with Gasteiger partial charge in [0.1, 0.15) is 12.3 Å². The van der Waals surface area contributed by atoms with Gasteiger partial charge in [-0.3, -0.25) is 4.99 Å². The van der Waals surface area contributed by atoms with Gasteiger partial charge < -0.3 is 9.47 Å².